The molecule has 0 amide bonds. The molecule has 7 rings (SSSR count). The summed E-state index contributed by atoms with van der Waals surface area (Å²) in [6.45, 7) is 0. The lowest BCUT2D eigenvalue weighted by Gasteiger charge is -2.41. The summed E-state index contributed by atoms with van der Waals surface area (Å²) in [6.07, 6.45) is 9.67. The zero-order valence-electron chi connectivity index (χ0n) is 19.6. The van der Waals surface area contributed by atoms with Gasteiger partial charge in [-0.25, -0.2) is 0 Å². The molecule has 0 saturated heterocycles. The number of nitrogens with one attached hydrogen (secondary N) is 1. The first-order chi connectivity index (χ1) is 16.9. The lowest BCUT2D eigenvalue weighted by Crippen LogP contribution is -2.29. The molecule has 0 bridgehead atoms. The molecular weight excluding hydrogens is 414 g/mol. The van der Waals surface area contributed by atoms with Crippen LogP contribution in [0.5, 0.6) is 0 Å². The van der Waals surface area contributed by atoms with Crippen molar-refractivity contribution in [3.8, 4) is 0 Å². The van der Waals surface area contributed by atoms with Crippen molar-refractivity contribution in [2.24, 2.45) is 11.8 Å². The van der Waals surface area contributed by atoms with Crippen molar-refractivity contribution < 1.29 is 4.42 Å². The topological polar surface area (TPSA) is 25.2 Å². The van der Waals surface area contributed by atoms with E-state index in [-0.39, 0.29) is 0 Å². The van der Waals surface area contributed by atoms with Gasteiger partial charge in [0, 0.05) is 16.5 Å². The first-order valence-corrected chi connectivity index (χ1v) is 13.1. The van der Waals surface area contributed by atoms with Crippen LogP contribution in [0.15, 0.2) is 83.3 Å². The van der Waals surface area contributed by atoms with Crippen molar-refractivity contribution in [1.82, 2.24) is 0 Å². The summed E-state index contributed by atoms with van der Waals surface area (Å²) < 4.78 is 6.87. The van der Waals surface area contributed by atoms with Gasteiger partial charge < -0.3 is 9.73 Å². The van der Waals surface area contributed by atoms with Crippen molar-refractivity contribution >= 4 is 44.1 Å². The van der Waals surface area contributed by atoms with E-state index in [1.807, 2.05) is 6.07 Å². The van der Waals surface area contributed by atoms with Crippen LogP contribution in [0, 0.1) is 11.8 Å². The molecule has 3 unspecified atom stereocenters. The Balaban J connectivity index is 1.47. The molecule has 2 aliphatic carbocycles. The molecule has 2 fully saturated rings. The lowest BCUT2D eigenvalue weighted by molar-refractivity contribution is 0.144. The first kappa shape index (κ1) is 20.1. The van der Waals surface area contributed by atoms with Gasteiger partial charge in [0.05, 0.1) is 5.69 Å². The molecule has 34 heavy (non-hydrogen) atoms. The van der Waals surface area contributed by atoms with Crippen LogP contribution in [0.2, 0.25) is 0 Å². The van der Waals surface area contributed by atoms with Crippen molar-refractivity contribution in [2.45, 2.75) is 50.9 Å². The van der Waals surface area contributed by atoms with Crippen LogP contribution in [-0.4, -0.2) is 0 Å². The molecule has 0 radical (unpaired) electrons. The molecule has 2 nitrogen and oxygen atoms in total. The summed E-state index contributed by atoms with van der Waals surface area (Å²) in [5.74, 6) is 2.31. The van der Waals surface area contributed by atoms with Gasteiger partial charge in [-0.3, -0.25) is 0 Å². The van der Waals surface area contributed by atoms with Crippen molar-refractivity contribution in [1.29, 1.82) is 0 Å². The monoisotopic (exact) mass is 445 g/mol. The fourth-order valence-corrected chi connectivity index (χ4v) is 7.05. The Bertz CT molecular complexity index is 1480. The second-order valence-corrected chi connectivity index (χ2v) is 10.4. The average molecular weight is 446 g/mol. The van der Waals surface area contributed by atoms with E-state index in [1.165, 1.54) is 72.1 Å². The number of furan rings is 1. The standard InChI is InChI=1S/C32H31NO/c1-2-13-23(14-3-1)33-29-19-9-18-27-30-25-16-7-5-11-22(25)20-28(32(30)34-31(27)29)26-17-8-12-21-10-4-6-15-24(21)26/h1-3,5,7,9,11,13-14,16,18-21,24,26,33H,4,6,8,10,12,15,17H2. The third kappa shape index (κ3) is 3.23. The van der Waals surface area contributed by atoms with E-state index < -0.39 is 0 Å². The van der Waals surface area contributed by atoms with Crippen LogP contribution in [0.1, 0.15) is 56.4 Å². The van der Waals surface area contributed by atoms with E-state index in [0.717, 1.165) is 34.4 Å². The zero-order valence-corrected chi connectivity index (χ0v) is 19.6. The molecular formula is C32H31NO. The Hall–Kier alpha value is -3.26. The number of anilines is 2. The van der Waals surface area contributed by atoms with Crippen molar-refractivity contribution in [2.75, 3.05) is 5.32 Å². The summed E-state index contributed by atoms with van der Waals surface area (Å²) in [5.41, 5.74) is 5.65. The molecule has 5 aromatic rings. The van der Waals surface area contributed by atoms with E-state index in [9.17, 15) is 0 Å². The van der Waals surface area contributed by atoms with Gasteiger partial charge in [-0.05, 0) is 71.2 Å². The molecule has 0 spiro atoms. The molecule has 2 aliphatic rings. The van der Waals surface area contributed by atoms with E-state index in [1.54, 1.807) is 0 Å². The van der Waals surface area contributed by atoms with Crippen LogP contribution in [0.3, 0.4) is 0 Å². The molecule has 1 N–H and O–H groups in total. The number of fused-ring (bicyclic) bond motifs is 6. The fraction of sp³-hybridized carbons (Fsp3) is 0.312. The second-order valence-electron chi connectivity index (χ2n) is 10.4. The Morgan fingerprint density at radius 1 is 0.676 bits per heavy atom. The normalized spacial score (nSPS) is 22.8. The first-order valence-electron chi connectivity index (χ1n) is 13.1. The lowest BCUT2D eigenvalue weighted by atomic mass is 9.63. The molecule has 0 aliphatic heterocycles. The third-order valence-corrected chi connectivity index (χ3v) is 8.55. The molecule has 4 aromatic carbocycles. The summed E-state index contributed by atoms with van der Waals surface area (Å²) in [4.78, 5) is 0. The quantitative estimate of drug-likeness (QED) is 0.299. The maximum absolute atomic E-state index is 6.87. The minimum atomic E-state index is 0.609. The molecule has 2 saturated carbocycles. The highest BCUT2D eigenvalue weighted by Gasteiger charge is 2.37. The SMILES string of the molecule is c1ccc(Nc2cccc3c2oc2c(C4CCCC5CCCCC54)cc4ccccc4c23)cc1. The minimum absolute atomic E-state index is 0.609. The zero-order chi connectivity index (χ0) is 22.5. The summed E-state index contributed by atoms with van der Waals surface area (Å²) in [7, 11) is 0. The highest BCUT2D eigenvalue weighted by atomic mass is 16.3. The number of rotatable bonds is 3. The highest BCUT2D eigenvalue weighted by molar-refractivity contribution is 6.21. The van der Waals surface area contributed by atoms with Gasteiger partial charge in [-0.1, -0.05) is 86.7 Å². The molecule has 3 atom stereocenters. The fourth-order valence-electron chi connectivity index (χ4n) is 7.05. The Labute approximate surface area is 201 Å². The van der Waals surface area contributed by atoms with Gasteiger partial charge in [-0.2, -0.15) is 0 Å². The van der Waals surface area contributed by atoms with Gasteiger partial charge in [0.2, 0.25) is 0 Å². The minimum Gasteiger partial charge on any atom is -0.454 e. The Morgan fingerprint density at radius 3 is 2.41 bits per heavy atom. The molecule has 1 aromatic heterocycles. The number of hydrogen-bond donors (Lipinski definition) is 1. The van der Waals surface area contributed by atoms with Gasteiger partial charge in [-0.15, -0.1) is 0 Å². The predicted octanol–water partition coefficient (Wildman–Crippen LogP) is 9.56. The van der Waals surface area contributed by atoms with Crippen LogP contribution in [-0.2, 0) is 0 Å². The van der Waals surface area contributed by atoms with Crippen molar-refractivity contribution in [3.63, 3.8) is 0 Å². The maximum atomic E-state index is 6.87. The summed E-state index contributed by atoms with van der Waals surface area (Å²) >= 11 is 0. The van der Waals surface area contributed by atoms with Crippen LogP contribution < -0.4 is 5.32 Å². The molecule has 1 heterocycles. The van der Waals surface area contributed by atoms with Gasteiger partial charge >= 0.3 is 0 Å². The van der Waals surface area contributed by atoms with E-state index >= 15 is 0 Å². The largest absolute Gasteiger partial charge is 0.454 e. The predicted molar refractivity (Wildman–Crippen MR) is 143 cm³/mol. The maximum Gasteiger partial charge on any atom is 0.158 e. The highest BCUT2D eigenvalue weighted by Crippen LogP contribution is 2.51. The van der Waals surface area contributed by atoms with Crippen LogP contribution in [0.25, 0.3) is 32.7 Å². The van der Waals surface area contributed by atoms with Crippen LogP contribution >= 0.6 is 0 Å². The summed E-state index contributed by atoms with van der Waals surface area (Å²) in [6, 6.07) is 28.3. The summed E-state index contributed by atoms with van der Waals surface area (Å²) in [5, 5.41) is 8.75. The smallest absolute Gasteiger partial charge is 0.158 e. The van der Waals surface area contributed by atoms with Gasteiger partial charge in [0.25, 0.3) is 0 Å². The number of benzene rings is 4. The van der Waals surface area contributed by atoms with Crippen molar-refractivity contribution in [3.05, 3.63) is 84.4 Å². The number of para-hydroxylation sites is 2. The molecule has 170 valence electrons. The van der Waals surface area contributed by atoms with Crippen LogP contribution in [0.4, 0.5) is 11.4 Å². The Kier molecular flexibility index (Phi) is 4.86. The van der Waals surface area contributed by atoms with Gasteiger partial charge in [0.1, 0.15) is 5.58 Å². The number of hydrogen-bond acceptors (Lipinski definition) is 2. The van der Waals surface area contributed by atoms with E-state index in [4.69, 9.17) is 4.42 Å². The molecule has 2 heteroatoms. The Morgan fingerprint density at radius 2 is 1.47 bits per heavy atom. The second kappa shape index (κ2) is 8.20. The van der Waals surface area contributed by atoms with Gasteiger partial charge in [0.15, 0.2) is 5.58 Å². The van der Waals surface area contributed by atoms with E-state index in [0.29, 0.717) is 5.92 Å². The van der Waals surface area contributed by atoms with E-state index in [2.05, 4.69) is 78.1 Å². The average Bonchev–Trinajstić information content (AvgIpc) is 3.30. The third-order valence-electron chi connectivity index (χ3n) is 8.55.